The Bertz CT molecular complexity index is 903. The first-order valence-electron chi connectivity index (χ1n) is 9.46. The summed E-state index contributed by atoms with van der Waals surface area (Å²) in [5.74, 6) is -0.177. The molecule has 0 spiro atoms. The highest BCUT2D eigenvalue weighted by molar-refractivity contribution is 7.89. The van der Waals surface area contributed by atoms with E-state index in [0.717, 1.165) is 19.3 Å². The number of sulfonamides is 1. The number of rotatable bonds is 6. The van der Waals surface area contributed by atoms with Gasteiger partial charge in [-0.1, -0.05) is 38.1 Å². The standard InChI is InChI=1S/C21H26N2O3S/c1-3-23(4-2)27(25,26)18-14-12-17(13-15-18)21(24)22-20-11-7-9-16-8-5-6-10-19(16)20/h5-6,8,10,12-15,20H,3-4,7,9,11H2,1-2H3,(H,22,24)/t20-/m1/s1. The highest BCUT2D eigenvalue weighted by Crippen LogP contribution is 2.29. The number of benzene rings is 2. The molecule has 0 radical (unpaired) electrons. The smallest absolute Gasteiger partial charge is 0.251 e. The molecule has 0 unspecified atom stereocenters. The van der Waals surface area contributed by atoms with E-state index in [4.69, 9.17) is 0 Å². The van der Waals surface area contributed by atoms with Gasteiger partial charge in [-0.3, -0.25) is 4.79 Å². The third kappa shape index (κ3) is 4.06. The van der Waals surface area contributed by atoms with Crippen molar-refractivity contribution in [3.8, 4) is 0 Å². The van der Waals surface area contributed by atoms with Gasteiger partial charge in [-0.2, -0.15) is 4.31 Å². The second-order valence-corrected chi connectivity index (χ2v) is 8.67. The molecule has 0 fully saturated rings. The molecule has 1 aliphatic carbocycles. The summed E-state index contributed by atoms with van der Waals surface area (Å²) in [6.07, 6.45) is 3.00. The maximum Gasteiger partial charge on any atom is 0.251 e. The minimum Gasteiger partial charge on any atom is -0.345 e. The zero-order chi connectivity index (χ0) is 19.4. The molecule has 3 rings (SSSR count). The minimum absolute atomic E-state index is 0.00142. The third-order valence-electron chi connectivity index (χ3n) is 5.13. The summed E-state index contributed by atoms with van der Waals surface area (Å²) < 4.78 is 26.5. The summed E-state index contributed by atoms with van der Waals surface area (Å²) in [5.41, 5.74) is 2.93. The third-order valence-corrected chi connectivity index (χ3v) is 7.20. The molecule has 0 aliphatic heterocycles. The fourth-order valence-electron chi connectivity index (χ4n) is 3.64. The Morgan fingerprint density at radius 2 is 1.74 bits per heavy atom. The molecule has 1 amide bonds. The normalized spacial score (nSPS) is 16.8. The maximum atomic E-state index is 12.7. The van der Waals surface area contributed by atoms with E-state index in [2.05, 4.69) is 17.4 Å². The van der Waals surface area contributed by atoms with Crippen molar-refractivity contribution in [2.24, 2.45) is 0 Å². The molecule has 1 aliphatic rings. The molecular weight excluding hydrogens is 360 g/mol. The van der Waals surface area contributed by atoms with Crippen LogP contribution < -0.4 is 5.32 Å². The van der Waals surface area contributed by atoms with Gasteiger partial charge in [-0.25, -0.2) is 8.42 Å². The van der Waals surface area contributed by atoms with Crippen LogP contribution in [0.25, 0.3) is 0 Å². The lowest BCUT2D eigenvalue weighted by Crippen LogP contribution is -2.31. The number of hydrogen-bond donors (Lipinski definition) is 1. The molecule has 2 aromatic carbocycles. The molecular formula is C21H26N2O3S. The Labute approximate surface area is 161 Å². The number of hydrogen-bond acceptors (Lipinski definition) is 3. The first kappa shape index (κ1) is 19.6. The predicted octanol–water partition coefficient (Wildman–Crippen LogP) is 3.52. The zero-order valence-electron chi connectivity index (χ0n) is 15.8. The summed E-state index contributed by atoms with van der Waals surface area (Å²) in [5, 5.41) is 3.10. The van der Waals surface area contributed by atoms with Crippen LogP contribution >= 0.6 is 0 Å². The SMILES string of the molecule is CCN(CC)S(=O)(=O)c1ccc(C(=O)N[C@@H]2CCCc3ccccc32)cc1. The van der Waals surface area contributed by atoms with Crippen LogP contribution in [0.2, 0.25) is 0 Å². The first-order valence-corrected chi connectivity index (χ1v) is 10.9. The van der Waals surface area contributed by atoms with Crippen molar-refractivity contribution in [2.45, 2.75) is 44.0 Å². The number of fused-ring (bicyclic) bond motifs is 1. The van der Waals surface area contributed by atoms with Crippen molar-refractivity contribution < 1.29 is 13.2 Å². The van der Waals surface area contributed by atoms with Crippen molar-refractivity contribution in [1.29, 1.82) is 0 Å². The highest BCUT2D eigenvalue weighted by atomic mass is 32.2. The van der Waals surface area contributed by atoms with Gasteiger partial charge in [0.05, 0.1) is 10.9 Å². The Morgan fingerprint density at radius 3 is 2.41 bits per heavy atom. The van der Waals surface area contributed by atoms with E-state index >= 15 is 0 Å². The molecule has 144 valence electrons. The average molecular weight is 387 g/mol. The number of amides is 1. The quantitative estimate of drug-likeness (QED) is 0.826. The number of nitrogens with one attached hydrogen (secondary N) is 1. The molecule has 27 heavy (non-hydrogen) atoms. The van der Waals surface area contributed by atoms with Crippen LogP contribution in [-0.2, 0) is 16.4 Å². The number of carbonyl (C=O) groups excluding carboxylic acids is 1. The predicted molar refractivity (Wildman–Crippen MR) is 106 cm³/mol. The lowest BCUT2D eigenvalue weighted by molar-refractivity contribution is 0.0932. The molecule has 0 heterocycles. The zero-order valence-corrected chi connectivity index (χ0v) is 16.6. The van der Waals surface area contributed by atoms with Crippen molar-refractivity contribution in [3.63, 3.8) is 0 Å². The second-order valence-electron chi connectivity index (χ2n) is 6.73. The van der Waals surface area contributed by atoms with Gasteiger partial charge < -0.3 is 5.32 Å². The van der Waals surface area contributed by atoms with Gasteiger partial charge in [0, 0.05) is 18.7 Å². The summed E-state index contributed by atoms with van der Waals surface area (Å²) >= 11 is 0. The fourth-order valence-corrected chi connectivity index (χ4v) is 5.09. The van der Waals surface area contributed by atoms with E-state index < -0.39 is 10.0 Å². The van der Waals surface area contributed by atoms with E-state index in [-0.39, 0.29) is 16.8 Å². The van der Waals surface area contributed by atoms with Gasteiger partial charge >= 0.3 is 0 Å². The molecule has 2 aromatic rings. The molecule has 0 saturated carbocycles. The summed E-state index contributed by atoms with van der Waals surface area (Å²) in [7, 11) is -3.51. The van der Waals surface area contributed by atoms with Crippen LogP contribution in [0.1, 0.15) is 54.2 Å². The molecule has 1 atom stereocenters. The Kier molecular flexibility index (Phi) is 5.97. The Balaban J connectivity index is 1.76. The highest BCUT2D eigenvalue weighted by Gasteiger charge is 2.24. The lowest BCUT2D eigenvalue weighted by Gasteiger charge is -2.26. The Hall–Kier alpha value is -2.18. The molecule has 0 bridgehead atoms. The second kappa shape index (κ2) is 8.23. The van der Waals surface area contributed by atoms with Crippen LogP contribution in [0.4, 0.5) is 0 Å². The largest absolute Gasteiger partial charge is 0.345 e. The van der Waals surface area contributed by atoms with Gasteiger partial charge in [0.1, 0.15) is 0 Å². The first-order chi connectivity index (χ1) is 13.0. The molecule has 1 N–H and O–H groups in total. The summed E-state index contributed by atoms with van der Waals surface area (Å²) in [6, 6.07) is 14.4. The van der Waals surface area contributed by atoms with E-state index in [0.29, 0.717) is 18.7 Å². The summed E-state index contributed by atoms with van der Waals surface area (Å²) in [4.78, 5) is 12.9. The number of aryl methyl sites for hydroxylation is 1. The molecule has 6 heteroatoms. The maximum absolute atomic E-state index is 12.7. The monoisotopic (exact) mass is 386 g/mol. The van der Waals surface area contributed by atoms with Gasteiger partial charge in [0.25, 0.3) is 5.91 Å². The van der Waals surface area contributed by atoms with Crippen molar-refractivity contribution >= 4 is 15.9 Å². The number of nitrogens with zero attached hydrogens (tertiary/aromatic N) is 1. The van der Waals surface area contributed by atoms with Crippen LogP contribution in [0.15, 0.2) is 53.4 Å². The van der Waals surface area contributed by atoms with Crippen LogP contribution in [0.5, 0.6) is 0 Å². The van der Waals surface area contributed by atoms with Gasteiger partial charge in [-0.05, 0) is 54.7 Å². The van der Waals surface area contributed by atoms with Crippen LogP contribution in [0.3, 0.4) is 0 Å². The van der Waals surface area contributed by atoms with E-state index in [9.17, 15) is 13.2 Å². The van der Waals surface area contributed by atoms with E-state index in [1.807, 2.05) is 26.0 Å². The summed E-state index contributed by atoms with van der Waals surface area (Å²) in [6.45, 7) is 4.46. The minimum atomic E-state index is -3.51. The van der Waals surface area contributed by atoms with Crippen molar-refractivity contribution in [2.75, 3.05) is 13.1 Å². The van der Waals surface area contributed by atoms with Gasteiger partial charge in [-0.15, -0.1) is 0 Å². The molecule has 0 aromatic heterocycles. The number of carbonyl (C=O) groups is 1. The van der Waals surface area contributed by atoms with E-state index in [1.165, 1.54) is 27.6 Å². The molecule has 0 saturated heterocycles. The Morgan fingerprint density at radius 1 is 1.07 bits per heavy atom. The average Bonchev–Trinajstić information content (AvgIpc) is 2.69. The van der Waals surface area contributed by atoms with Crippen LogP contribution in [0, 0.1) is 0 Å². The van der Waals surface area contributed by atoms with E-state index in [1.54, 1.807) is 12.1 Å². The van der Waals surface area contributed by atoms with Crippen molar-refractivity contribution in [3.05, 3.63) is 65.2 Å². The van der Waals surface area contributed by atoms with Crippen LogP contribution in [-0.4, -0.2) is 31.7 Å². The fraction of sp³-hybridized carbons (Fsp3) is 0.381. The molecule has 5 nitrogen and oxygen atoms in total. The van der Waals surface area contributed by atoms with Crippen molar-refractivity contribution in [1.82, 2.24) is 9.62 Å². The lowest BCUT2D eigenvalue weighted by atomic mass is 9.87. The topological polar surface area (TPSA) is 66.5 Å². The van der Waals surface area contributed by atoms with Gasteiger partial charge in [0.2, 0.25) is 10.0 Å². The van der Waals surface area contributed by atoms with Gasteiger partial charge in [0.15, 0.2) is 0 Å².